The molecule has 0 atom stereocenters. The quantitative estimate of drug-likeness (QED) is 0.476. The maximum Gasteiger partial charge on any atom is 0.264 e. The van der Waals surface area contributed by atoms with Gasteiger partial charge in [0.25, 0.3) is 5.56 Å². The van der Waals surface area contributed by atoms with Gasteiger partial charge in [-0.3, -0.25) is 4.79 Å². The summed E-state index contributed by atoms with van der Waals surface area (Å²) in [7, 11) is 0. The van der Waals surface area contributed by atoms with E-state index >= 15 is 0 Å². The number of rotatable bonds is 0. The van der Waals surface area contributed by atoms with E-state index in [1.54, 1.807) is 0 Å². The minimum atomic E-state index is -0.213. The number of nitrogens with zero attached hydrogens (tertiary/aromatic N) is 2. The number of hydrogen-bond donors (Lipinski definition) is 2. The zero-order valence-corrected chi connectivity index (χ0v) is 8.87. The third-order valence-corrected chi connectivity index (χ3v) is 2.65. The summed E-state index contributed by atoms with van der Waals surface area (Å²) in [6.45, 7) is 4.27. The van der Waals surface area contributed by atoms with Crippen molar-refractivity contribution in [2.24, 2.45) is 16.4 Å². The zero-order valence-electron chi connectivity index (χ0n) is 8.87. The summed E-state index contributed by atoms with van der Waals surface area (Å²) in [6, 6.07) is 1.52. The van der Waals surface area contributed by atoms with Gasteiger partial charge in [0.1, 0.15) is 0 Å². The average Bonchev–Trinajstić information content (AvgIpc) is 2.16. The van der Waals surface area contributed by atoms with E-state index in [2.05, 4.69) is 29.1 Å². The maximum absolute atomic E-state index is 11.2. The molecule has 0 radical (unpaired) electrons. The van der Waals surface area contributed by atoms with Crippen molar-refractivity contribution in [1.82, 2.24) is 10.2 Å². The lowest BCUT2D eigenvalue weighted by atomic mass is 9.75. The molecule has 5 heteroatoms. The van der Waals surface area contributed by atoms with Crippen molar-refractivity contribution >= 4 is 5.71 Å². The maximum atomic E-state index is 11.2. The molecule has 3 N–H and O–H groups in total. The standard InChI is InChI=1S/C10H14N4O/c1-10(2)4-7(12-11)6-3-9(15)14-13-8(6)5-10/h3H,4-5,11H2,1-2H3,(H,14,15)/b12-7-. The highest BCUT2D eigenvalue weighted by Gasteiger charge is 2.30. The van der Waals surface area contributed by atoms with E-state index in [-0.39, 0.29) is 11.0 Å². The van der Waals surface area contributed by atoms with Gasteiger partial charge < -0.3 is 5.84 Å². The van der Waals surface area contributed by atoms with E-state index in [1.807, 2.05) is 0 Å². The first-order chi connectivity index (χ1) is 7.02. The van der Waals surface area contributed by atoms with Gasteiger partial charge >= 0.3 is 0 Å². The number of fused-ring (bicyclic) bond motifs is 1. The van der Waals surface area contributed by atoms with Crippen LogP contribution in [0.25, 0.3) is 0 Å². The number of hydrogen-bond acceptors (Lipinski definition) is 4. The summed E-state index contributed by atoms with van der Waals surface area (Å²) in [4.78, 5) is 11.2. The van der Waals surface area contributed by atoms with E-state index in [9.17, 15) is 4.79 Å². The normalized spacial score (nSPS) is 21.3. The van der Waals surface area contributed by atoms with Crippen molar-refractivity contribution in [2.45, 2.75) is 26.7 Å². The fraction of sp³-hybridized carbons (Fsp3) is 0.500. The van der Waals surface area contributed by atoms with E-state index in [0.717, 1.165) is 29.8 Å². The molecule has 0 amide bonds. The molecule has 15 heavy (non-hydrogen) atoms. The predicted molar refractivity (Wildman–Crippen MR) is 57.7 cm³/mol. The highest BCUT2D eigenvalue weighted by Crippen LogP contribution is 2.32. The molecule has 5 nitrogen and oxygen atoms in total. The molecule has 0 spiro atoms. The molecule has 0 aliphatic heterocycles. The Labute approximate surface area is 87.4 Å². The van der Waals surface area contributed by atoms with Gasteiger partial charge in [0.05, 0.1) is 11.4 Å². The molecule has 0 saturated heterocycles. The van der Waals surface area contributed by atoms with Crippen LogP contribution in [0.1, 0.15) is 31.5 Å². The van der Waals surface area contributed by atoms with Crippen molar-refractivity contribution in [2.75, 3.05) is 0 Å². The van der Waals surface area contributed by atoms with Crippen LogP contribution in [0.5, 0.6) is 0 Å². The van der Waals surface area contributed by atoms with Crippen LogP contribution in [0.2, 0.25) is 0 Å². The Morgan fingerprint density at radius 3 is 2.93 bits per heavy atom. The van der Waals surface area contributed by atoms with Gasteiger partial charge in [-0.05, 0) is 18.3 Å². The first-order valence-electron chi connectivity index (χ1n) is 4.87. The molecule has 2 rings (SSSR count). The number of hydrazone groups is 1. The van der Waals surface area contributed by atoms with Gasteiger partial charge in [0, 0.05) is 11.6 Å². The van der Waals surface area contributed by atoms with Crippen LogP contribution in [-0.4, -0.2) is 15.9 Å². The Morgan fingerprint density at radius 1 is 1.53 bits per heavy atom. The monoisotopic (exact) mass is 206 g/mol. The van der Waals surface area contributed by atoms with Crippen molar-refractivity contribution in [3.05, 3.63) is 27.7 Å². The van der Waals surface area contributed by atoms with E-state index in [4.69, 9.17) is 5.84 Å². The Hall–Kier alpha value is -1.65. The molecule has 1 heterocycles. The lowest BCUT2D eigenvalue weighted by Gasteiger charge is -2.30. The van der Waals surface area contributed by atoms with Crippen molar-refractivity contribution in [1.29, 1.82) is 0 Å². The van der Waals surface area contributed by atoms with Crippen molar-refractivity contribution in [3.8, 4) is 0 Å². The van der Waals surface area contributed by atoms with Crippen molar-refractivity contribution < 1.29 is 0 Å². The summed E-state index contributed by atoms with van der Waals surface area (Å²) in [6.07, 6.45) is 1.61. The number of aromatic nitrogens is 2. The average molecular weight is 206 g/mol. The molecule has 0 bridgehead atoms. The first-order valence-corrected chi connectivity index (χ1v) is 4.87. The minimum Gasteiger partial charge on any atom is -0.323 e. The van der Waals surface area contributed by atoms with Gasteiger partial charge in [-0.1, -0.05) is 13.8 Å². The Balaban J connectivity index is 2.60. The molecule has 1 aromatic heterocycles. The van der Waals surface area contributed by atoms with Crippen molar-refractivity contribution in [3.63, 3.8) is 0 Å². The summed E-state index contributed by atoms with van der Waals surface area (Å²) in [5.41, 5.74) is 2.31. The lowest BCUT2D eigenvalue weighted by molar-refractivity contribution is 0.365. The second-order valence-electron chi connectivity index (χ2n) is 4.69. The second-order valence-corrected chi connectivity index (χ2v) is 4.69. The molecule has 0 unspecified atom stereocenters. The topological polar surface area (TPSA) is 84.1 Å². The zero-order chi connectivity index (χ0) is 11.1. The number of H-pyrrole nitrogens is 1. The Morgan fingerprint density at radius 2 is 2.27 bits per heavy atom. The highest BCUT2D eigenvalue weighted by molar-refractivity contribution is 6.02. The van der Waals surface area contributed by atoms with Crippen LogP contribution in [0.3, 0.4) is 0 Å². The van der Waals surface area contributed by atoms with Gasteiger partial charge in [0.2, 0.25) is 0 Å². The third kappa shape index (κ3) is 1.77. The second kappa shape index (κ2) is 3.18. The van der Waals surface area contributed by atoms with Crippen LogP contribution in [-0.2, 0) is 6.42 Å². The summed E-state index contributed by atoms with van der Waals surface area (Å²) < 4.78 is 0. The minimum absolute atomic E-state index is 0.0937. The van der Waals surface area contributed by atoms with Crippen LogP contribution in [0, 0.1) is 5.41 Å². The van der Waals surface area contributed by atoms with Crippen LogP contribution >= 0.6 is 0 Å². The van der Waals surface area contributed by atoms with Gasteiger partial charge in [-0.2, -0.15) is 10.2 Å². The van der Waals surface area contributed by atoms with Crippen LogP contribution < -0.4 is 11.4 Å². The molecule has 0 aromatic carbocycles. The van der Waals surface area contributed by atoms with Crippen LogP contribution in [0.15, 0.2) is 16.0 Å². The molecular weight excluding hydrogens is 192 g/mol. The Kier molecular flexibility index (Phi) is 2.10. The molecular formula is C10H14N4O. The summed E-state index contributed by atoms with van der Waals surface area (Å²) in [5.74, 6) is 5.34. The van der Waals surface area contributed by atoms with E-state index in [0.29, 0.717) is 0 Å². The molecule has 0 fully saturated rings. The molecule has 80 valence electrons. The Bertz CT molecular complexity index is 473. The number of aromatic amines is 1. The molecule has 1 aliphatic carbocycles. The molecule has 1 aliphatic rings. The fourth-order valence-corrected chi connectivity index (χ4v) is 1.99. The smallest absolute Gasteiger partial charge is 0.264 e. The lowest BCUT2D eigenvalue weighted by Crippen LogP contribution is -2.31. The summed E-state index contributed by atoms with van der Waals surface area (Å²) in [5, 5.41) is 10.2. The largest absolute Gasteiger partial charge is 0.323 e. The molecule has 1 aromatic rings. The number of nitrogens with one attached hydrogen (secondary N) is 1. The van der Waals surface area contributed by atoms with E-state index < -0.39 is 0 Å². The third-order valence-electron chi connectivity index (χ3n) is 2.65. The first kappa shape index (κ1) is 9.89. The number of nitrogens with two attached hydrogens (primary N) is 1. The summed E-state index contributed by atoms with van der Waals surface area (Å²) >= 11 is 0. The molecule has 0 saturated carbocycles. The van der Waals surface area contributed by atoms with E-state index in [1.165, 1.54) is 6.07 Å². The van der Waals surface area contributed by atoms with Crippen LogP contribution in [0.4, 0.5) is 0 Å². The van der Waals surface area contributed by atoms with Gasteiger partial charge in [0.15, 0.2) is 0 Å². The predicted octanol–water partition coefficient (Wildman–Crippen LogP) is 0.405. The van der Waals surface area contributed by atoms with Gasteiger partial charge in [-0.15, -0.1) is 0 Å². The highest BCUT2D eigenvalue weighted by atomic mass is 16.1. The fourth-order valence-electron chi connectivity index (χ4n) is 1.99. The SMILES string of the molecule is CC1(C)C/C(=N/N)c2cc(=O)[nH]nc2C1. The van der Waals surface area contributed by atoms with Gasteiger partial charge in [-0.25, -0.2) is 5.10 Å².